The highest BCUT2D eigenvalue weighted by atomic mass is 35.5. The van der Waals surface area contributed by atoms with E-state index in [1.54, 1.807) is 30.3 Å². The van der Waals surface area contributed by atoms with Gasteiger partial charge in [-0.25, -0.2) is 8.42 Å². The highest BCUT2D eigenvalue weighted by Crippen LogP contribution is 2.20. The van der Waals surface area contributed by atoms with Crippen LogP contribution < -0.4 is 5.32 Å². The van der Waals surface area contributed by atoms with Crippen LogP contribution >= 0.6 is 11.6 Å². The monoisotopic (exact) mass is 410 g/mol. The maximum atomic E-state index is 13.0. The summed E-state index contributed by atoms with van der Waals surface area (Å²) in [6.07, 6.45) is 0. The second-order valence-corrected chi connectivity index (χ2v) is 8.21. The van der Waals surface area contributed by atoms with Crippen molar-refractivity contribution in [2.24, 2.45) is 0 Å². The van der Waals surface area contributed by atoms with E-state index < -0.39 is 34.5 Å². The SMILES string of the molecule is C[C@H](NC(=O)CN(Cc1ccccc1)S(=O)(=O)c1ccc(Cl)cc1)C(=O)O. The second-order valence-electron chi connectivity index (χ2n) is 5.84. The van der Waals surface area contributed by atoms with Gasteiger partial charge in [0, 0.05) is 11.6 Å². The Labute approximate surface area is 162 Å². The Morgan fingerprint density at radius 2 is 1.70 bits per heavy atom. The number of amides is 1. The number of carbonyl (C=O) groups is 2. The molecular weight excluding hydrogens is 392 g/mol. The number of carbonyl (C=O) groups excluding carboxylic acids is 1. The molecule has 144 valence electrons. The van der Waals surface area contributed by atoms with Crippen LogP contribution in [0.15, 0.2) is 59.5 Å². The molecule has 2 aromatic carbocycles. The van der Waals surface area contributed by atoms with Crippen LogP contribution in [0, 0.1) is 0 Å². The number of nitrogens with one attached hydrogen (secondary N) is 1. The first-order valence-corrected chi connectivity index (χ1v) is 9.84. The van der Waals surface area contributed by atoms with E-state index >= 15 is 0 Å². The number of hydrogen-bond donors (Lipinski definition) is 2. The topological polar surface area (TPSA) is 104 Å². The smallest absolute Gasteiger partial charge is 0.325 e. The van der Waals surface area contributed by atoms with Crippen LogP contribution in [-0.2, 0) is 26.2 Å². The maximum absolute atomic E-state index is 13.0. The first kappa shape index (κ1) is 20.9. The molecule has 0 bridgehead atoms. The molecule has 0 unspecified atom stereocenters. The number of carboxylic acids is 1. The summed E-state index contributed by atoms with van der Waals surface area (Å²) in [6.45, 7) is 0.744. The molecule has 1 atom stereocenters. The van der Waals surface area contributed by atoms with E-state index in [0.717, 1.165) is 4.31 Å². The van der Waals surface area contributed by atoms with Crippen molar-refractivity contribution < 1.29 is 23.1 Å². The molecule has 1 amide bonds. The lowest BCUT2D eigenvalue weighted by atomic mass is 10.2. The first-order valence-electron chi connectivity index (χ1n) is 8.02. The van der Waals surface area contributed by atoms with Gasteiger partial charge in [-0.05, 0) is 36.8 Å². The molecular formula is C18H19ClN2O5S. The molecule has 0 radical (unpaired) electrons. The zero-order chi connectivity index (χ0) is 20.0. The van der Waals surface area contributed by atoms with Crippen LogP contribution in [0.2, 0.25) is 5.02 Å². The van der Waals surface area contributed by atoms with E-state index in [4.69, 9.17) is 16.7 Å². The summed E-state index contributed by atoms with van der Waals surface area (Å²) in [5.41, 5.74) is 0.689. The van der Waals surface area contributed by atoms with Gasteiger partial charge in [0.1, 0.15) is 6.04 Å². The van der Waals surface area contributed by atoms with Crippen molar-refractivity contribution in [2.45, 2.75) is 24.4 Å². The molecule has 0 aliphatic rings. The number of aliphatic carboxylic acids is 1. The van der Waals surface area contributed by atoms with Crippen LogP contribution in [0.3, 0.4) is 0 Å². The number of halogens is 1. The number of carboxylic acid groups (broad SMARTS) is 1. The average Bonchev–Trinajstić information content (AvgIpc) is 2.62. The van der Waals surface area contributed by atoms with Gasteiger partial charge in [-0.3, -0.25) is 9.59 Å². The third-order valence-electron chi connectivity index (χ3n) is 3.72. The van der Waals surface area contributed by atoms with Crippen molar-refractivity contribution in [2.75, 3.05) is 6.54 Å². The standard InChI is InChI=1S/C18H19ClN2O5S/c1-13(18(23)24)20-17(22)12-21(11-14-5-3-2-4-6-14)27(25,26)16-9-7-15(19)8-10-16/h2-10,13H,11-12H2,1H3,(H,20,22)(H,23,24)/t13-/m0/s1. The highest BCUT2D eigenvalue weighted by molar-refractivity contribution is 7.89. The quantitative estimate of drug-likeness (QED) is 0.693. The lowest BCUT2D eigenvalue weighted by Gasteiger charge is -2.22. The molecule has 2 rings (SSSR count). The van der Waals surface area contributed by atoms with Crippen LogP contribution in [0.5, 0.6) is 0 Å². The molecule has 0 saturated carbocycles. The van der Waals surface area contributed by atoms with E-state index in [1.807, 2.05) is 0 Å². The van der Waals surface area contributed by atoms with E-state index in [9.17, 15) is 18.0 Å². The van der Waals surface area contributed by atoms with Gasteiger partial charge < -0.3 is 10.4 Å². The normalized spacial score (nSPS) is 12.6. The third-order valence-corrected chi connectivity index (χ3v) is 5.78. The summed E-state index contributed by atoms with van der Waals surface area (Å²) in [5, 5.41) is 11.6. The van der Waals surface area contributed by atoms with Gasteiger partial charge in [0.2, 0.25) is 15.9 Å². The Bertz CT molecular complexity index is 901. The van der Waals surface area contributed by atoms with Crippen LogP contribution in [-0.4, -0.2) is 42.3 Å². The summed E-state index contributed by atoms with van der Waals surface area (Å²) < 4.78 is 27.0. The molecule has 2 aromatic rings. The Hall–Kier alpha value is -2.42. The minimum absolute atomic E-state index is 0.0121. The lowest BCUT2D eigenvalue weighted by Crippen LogP contribution is -2.45. The number of benzene rings is 2. The van der Waals surface area contributed by atoms with Crippen molar-refractivity contribution in [1.82, 2.24) is 9.62 Å². The zero-order valence-electron chi connectivity index (χ0n) is 14.5. The van der Waals surface area contributed by atoms with Crippen molar-refractivity contribution in [3.05, 3.63) is 65.2 Å². The molecule has 0 heterocycles. The zero-order valence-corrected chi connectivity index (χ0v) is 16.1. The fourth-order valence-electron chi connectivity index (χ4n) is 2.28. The molecule has 2 N–H and O–H groups in total. The fourth-order valence-corrected chi connectivity index (χ4v) is 3.79. The molecule has 7 nitrogen and oxygen atoms in total. The first-order chi connectivity index (χ1) is 12.7. The van der Waals surface area contributed by atoms with Crippen LogP contribution in [0.4, 0.5) is 0 Å². The minimum Gasteiger partial charge on any atom is -0.480 e. The number of nitrogens with zero attached hydrogens (tertiary/aromatic N) is 1. The number of sulfonamides is 1. The number of rotatable bonds is 8. The van der Waals surface area contributed by atoms with Crippen molar-refractivity contribution >= 4 is 33.5 Å². The van der Waals surface area contributed by atoms with Gasteiger partial charge >= 0.3 is 5.97 Å². The molecule has 0 aromatic heterocycles. The molecule has 0 spiro atoms. The number of hydrogen-bond acceptors (Lipinski definition) is 4. The van der Waals surface area contributed by atoms with E-state index in [0.29, 0.717) is 10.6 Å². The molecule has 0 aliphatic carbocycles. The van der Waals surface area contributed by atoms with E-state index in [2.05, 4.69) is 5.32 Å². The van der Waals surface area contributed by atoms with Crippen molar-refractivity contribution in [3.63, 3.8) is 0 Å². The van der Waals surface area contributed by atoms with Crippen LogP contribution in [0.1, 0.15) is 12.5 Å². The van der Waals surface area contributed by atoms with Gasteiger partial charge in [-0.1, -0.05) is 41.9 Å². The van der Waals surface area contributed by atoms with Gasteiger partial charge in [0.25, 0.3) is 0 Å². The molecule has 0 fully saturated rings. The third kappa shape index (κ3) is 5.78. The van der Waals surface area contributed by atoms with Gasteiger partial charge in [0.15, 0.2) is 0 Å². The van der Waals surface area contributed by atoms with Gasteiger partial charge in [-0.15, -0.1) is 0 Å². The summed E-state index contributed by atoms with van der Waals surface area (Å²) >= 11 is 5.81. The molecule has 9 heteroatoms. The summed E-state index contributed by atoms with van der Waals surface area (Å²) in [4.78, 5) is 23.1. The van der Waals surface area contributed by atoms with Crippen molar-refractivity contribution in [1.29, 1.82) is 0 Å². The summed E-state index contributed by atoms with van der Waals surface area (Å²) in [5.74, 6) is -1.92. The Morgan fingerprint density at radius 1 is 1.11 bits per heavy atom. The summed E-state index contributed by atoms with van der Waals surface area (Å²) in [7, 11) is -4.00. The Kier molecular flexibility index (Phi) is 6.95. The summed E-state index contributed by atoms with van der Waals surface area (Å²) in [6, 6.07) is 13.3. The van der Waals surface area contributed by atoms with E-state index in [-0.39, 0.29) is 11.4 Å². The van der Waals surface area contributed by atoms with Gasteiger partial charge in [-0.2, -0.15) is 4.31 Å². The van der Waals surface area contributed by atoms with Crippen LogP contribution in [0.25, 0.3) is 0 Å². The second kappa shape index (κ2) is 8.98. The van der Waals surface area contributed by atoms with Gasteiger partial charge in [0.05, 0.1) is 11.4 Å². The Morgan fingerprint density at radius 3 is 2.26 bits per heavy atom. The minimum atomic E-state index is -4.00. The molecule has 27 heavy (non-hydrogen) atoms. The van der Waals surface area contributed by atoms with Crippen molar-refractivity contribution in [3.8, 4) is 0 Å². The fraction of sp³-hybridized carbons (Fsp3) is 0.222. The van der Waals surface area contributed by atoms with E-state index in [1.165, 1.54) is 31.2 Å². The average molecular weight is 411 g/mol. The highest BCUT2D eigenvalue weighted by Gasteiger charge is 2.28. The largest absolute Gasteiger partial charge is 0.480 e. The predicted molar refractivity (Wildman–Crippen MR) is 101 cm³/mol. The Balaban J connectivity index is 2.30. The molecule has 0 aliphatic heterocycles. The lowest BCUT2D eigenvalue weighted by molar-refractivity contribution is -0.141. The maximum Gasteiger partial charge on any atom is 0.325 e. The molecule has 0 saturated heterocycles. The predicted octanol–water partition coefficient (Wildman–Crippen LogP) is 2.12.